The second-order valence-corrected chi connectivity index (χ2v) is 3.42. The van der Waals surface area contributed by atoms with Crippen LogP contribution in [-0.4, -0.2) is 34.3 Å². The average molecular weight is 240 g/mol. The minimum atomic E-state index is -0.598. The summed E-state index contributed by atoms with van der Waals surface area (Å²) in [6.45, 7) is 1.42. The number of nitrogens with zero attached hydrogens (tertiary/aromatic N) is 3. The van der Waals surface area contributed by atoms with Gasteiger partial charge >= 0.3 is 5.88 Å². The van der Waals surface area contributed by atoms with Gasteiger partial charge in [-0.25, -0.2) is 5.01 Å². The Morgan fingerprint density at radius 2 is 2.50 bits per heavy atom. The fraction of sp³-hybridized carbons (Fsp3) is 0.250. The van der Waals surface area contributed by atoms with Crippen molar-refractivity contribution in [3.63, 3.8) is 0 Å². The van der Waals surface area contributed by atoms with Crippen molar-refractivity contribution in [2.75, 3.05) is 13.1 Å². The molecule has 0 atom stereocenters. The van der Waals surface area contributed by atoms with Crippen LogP contribution in [0.15, 0.2) is 21.7 Å². The normalized spacial score (nSPS) is 15.8. The number of nitrogens with one attached hydrogen (secondary N) is 1. The van der Waals surface area contributed by atoms with Crippen molar-refractivity contribution in [2.45, 2.75) is 0 Å². The lowest BCUT2D eigenvalue weighted by molar-refractivity contribution is -0.402. The molecule has 2 heterocycles. The molecule has 1 aliphatic rings. The lowest BCUT2D eigenvalue weighted by atomic mass is 10.5. The molecule has 1 aromatic rings. The molecule has 0 bridgehead atoms. The first-order valence-electron chi connectivity index (χ1n) is 4.50. The van der Waals surface area contributed by atoms with Crippen molar-refractivity contribution in [1.29, 1.82) is 0 Å². The van der Waals surface area contributed by atoms with E-state index in [1.54, 1.807) is 5.01 Å². The van der Waals surface area contributed by atoms with E-state index in [2.05, 4.69) is 10.4 Å². The van der Waals surface area contributed by atoms with Crippen LogP contribution in [0.2, 0.25) is 0 Å². The van der Waals surface area contributed by atoms with Crippen LogP contribution in [0.25, 0.3) is 0 Å². The summed E-state index contributed by atoms with van der Waals surface area (Å²) < 4.78 is 4.90. The van der Waals surface area contributed by atoms with Crippen LogP contribution < -0.4 is 5.32 Å². The summed E-state index contributed by atoms with van der Waals surface area (Å²) in [7, 11) is 0. The number of thiocarbonyl (C=S) groups is 1. The molecule has 0 spiro atoms. The van der Waals surface area contributed by atoms with E-state index in [0.29, 0.717) is 17.4 Å². The van der Waals surface area contributed by atoms with Gasteiger partial charge in [0.1, 0.15) is 4.92 Å². The van der Waals surface area contributed by atoms with Crippen LogP contribution in [0.1, 0.15) is 5.76 Å². The maximum Gasteiger partial charge on any atom is 0.433 e. The number of hydrogen-bond donors (Lipinski definition) is 1. The summed E-state index contributed by atoms with van der Waals surface area (Å²) in [6, 6.07) is 2.76. The summed E-state index contributed by atoms with van der Waals surface area (Å²) in [6.07, 6.45) is 1.40. The van der Waals surface area contributed by atoms with E-state index in [4.69, 9.17) is 16.6 Å². The van der Waals surface area contributed by atoms with Crippen molar-refractivity contribution in [3.8, 4) is 0 Å². The third-order valence-corrected chi connectivity index (χ3v) is 2.31. The highest BCUT2D eigenvalue weighted by molar-refractivity contribution is 7.80. The van der Waals surface area contributed by atoms with Gasteiger partial charge in [0.05, 0.1) is 18.8 Å². The van der Waals surface area contributed by atoms with E-state index >= 15 is 0 Å². The Morgan fingerprint density at radius 1 is 1.69 bits per heavy atom. The smallest absolute Gasteiger partial charge is 0.400 e. The topological polar surface area (TPSA) is 83.9 Å². The van der Waals surface area contributed by atoms with E-state index in [-0.39, 0.29) is 5.88 Å². The first-order valence-corrected chi connectivity index (χ1v) is 4.91. The number of furan rings is 1. The summed E-state index contributed by atoms with van der Waals surface area (Å²) in [5.74, 6) is 0.0185. The lowest BCUT2D eigenvalue weighted by Crippen LogP contribution is -2.22. The largest absolute Gasteiger partial charge is 0.433 e. The van der Waals surface area contributed by atoms with Crippen LogP contribution in [0.5, 0.6) is 0 Å². The van der Waals surface area contributed by atoms with Crippen molar-refractivity contribution >= 4 is 29.4 Å². The van der Waals surface area contributed by atoms with Gasteiger partial charge in [0.2, 0.25) is 0 Å². The number of nitro groups is 1. The molecule has 1 saturated heterocycles. The highest BCUT2D eigenvalue weighted by atomic mass is 32.1. The van der Waals surface area contributed by atoms with Gasteiger partial charge in [-0.1, -0.05) is 0 Å². The standard InChI is InChI=1S/C8H8N4O3S/c13-12(14)7-2-1-6(15-7)5-10-11-4-3-9-8(11)16/h1-2,5H,3-4H2,(H,9,16)/b10-5+. The minimum absolute atomic E-state index is 0.302. The molecule has 1 aliphatic heterocycles. The van der Waals surface area contributed by atoms with E-state index in [0.717, 1.165) is 6.54 Å². The molecule has 0 unspecified atom stereocenters. The van der Waals surface area contributed by atoms with Gasteiger partial charge in [-0.3, -0.25) is 10.1 Å². The Bertz CT molecular complexity index is 456. The van der Waals surface area contributed by atoms with Crippen LogP contribution in [0, 0.1) is 10.1 Å². The third kappa shape index (κ3) is 2.16. The molecule has 84 valence electrons. The third-order valence-electron chi connectivity index (χ3n) is 1.95. The van der Waals surface area contributed by atoms with Crippen molar-refractivity contribution in [2.24, 2.45) is 5.10 Å². The summed E-state index contributed by atoms with van der Waals surface area (Å²) in [5.41, 5.74) is 0. The predicted octanol–water partition coefficient (Wildman–Crippen LogP) is 0.712. The van der Waals surface area contributed by atoms with Gasteiger partial charge in [0, 0.05) is 6.54 Å². The summed E-state index contributed by atoms with van der Waals surface area (Å²) in [5, 5.41) is 19.4. The molecule has 0 aromatic carbocycles. The maximum absolute atomic E-state index is 10.4. The first-order chi connectivity index (χ1) is 7.66. The summed E-state index contributed by atoms with van der Waals surface area (Å²) >= 11 is 4.96. The first kappa shape index (κ1) is 10.6. The van der Waals surface area contributed by atoms with Crippen molar-refractivity contribution in [3.05, 3.63) is 28.0 Å². The fourth-order valence-corrected chi connectivity index (χ4v) is 1.45. The van der Waals surface area contributed by atoms with Gasteiger partial charge in [-0.05, 0) is 18.3 Å². The molecule has 0 radical (unpaired) electrons. The maximum atomic E-state index is 10.4. The molecular formula is C8H8N4O3S. The highest BCUT2D eigenvalue weighted by Crippen LogP contribution is 2.14. The molecule has 8 heteroatoms. The van der Waals surface area contributed by atoms with Crippen LogP contribution >= 0.6 is 12.2 Å². The molecule has 1 fully saturated rings. The minimum Gasteiger partial charge on any atom is -0.400 e. The second-order valence-electron chi connectivity index (χ2n) is 3.03. The molecule has 0 aliphatic carbocycles. The molecule has 1 N–H and O–H groups in total. The Morgan fingerprint density at radius 3 is 3.06 bits per heavy atom. The monoisotopic (exact) mass is 240 g/mol. The second kappa shape index (κ2) is 4.27. The van der Waals surface area contributed by atoms with E-state index in [9.17, 15) is 10.1 Å². The molecule has 2 rings (SSSR count). The average Bonchev–Trinajstić information content (AvgIpc) is 2.83. The molecule has 0 amide bonds. The van der Waals surface area contributed by atoms with E-state index in [1.165, 1.54) is 18.3 Å². The Kier molecular flexibility index (Phi) is 2.82. The predicted molar refractivity (Wildman–Crippen MR) is 60.3 cm³/mol. The fourth-order valence-electron chi connectivity index (χ4n) is 1.21. The zero-order chi connectivity index (χ0) is 11.5. The van der Waals surface area contributed by atoms with Crippen LogP contribution in [0.4, 0.5) is 5.88 Å². The number of hydrogen-bond acceptors (Lipinski definition) is 5. The Labute approximate surface area is 95.9 Å². The number of rotatable bonds is 3. The van der Waals surface area contributed by atoms with E-state index < -0.39 is 4.92 Å². The van der Waals surface area contributed by atoms with Gasteiger partial charge in [-0.15, -0.1) is 0 Å². The molecular weight excluding hydrogens is 232 g/mol. The van der Waals surface area contributed by atoms with Gasteiger partial charge < -0.3 is 9.73 Å². The van der Waals surface area contributed by atoms with Crippen LogP contribution in [0.3, 0.4) is 0 Å². The zero-order valence-corrected chi connectivity index (χ0v) is 8.94. The zero-order valence-electron chi connectivity index (χ0n) is 8.12. The Balaban J connectivity index is 2.05. The lowest BCUT2D eigenvalue weighted by Gasteiger charge is -2.06. The molecule has 16 heavy (non-hydrogen) atoms. The highest BCUT2D eigenvalue weighted by Gasteiger charge is 2.15. The molecule has 7 nitrogen and oxygen atoms in total. The summed E-state index contributed by atoms with van der Waals surface area (Å²) in [4.78, 5) is 9.76. The van der Waals surface area contributed by atoms with Gasteiger partial charge in [-0.2, -0.15) is 5.10 Å². The van der Waals surface area contributed by atoms with Crippen LogP contribution in [-0.2, 0) is 0 Å². The van der Waals surface area contributed by atoms with Crippen molar-refractivity contribution in [1.82, 2.24) is 10.3 Å². The number of hydrazone groups is 1. The van der Waals surface area contributed by atoms with E-state index in [1.807, 2.05) is 0 Å². The quantitative estimate of drug-likeness (QED) is 0.362. The van der Waals surface area contributed by atoms with Gasteiger partial charge in [0.15, 0.2) is 10.9 Å². The molecule has 1 aromatic heterocycles. The molecule has 0 saturated carbocycles. The Hall–Kier alpha value is -1.96. The SMILES string of the molecule is O=[N+]([O-])c1ccc(/C=N/N2CCNC2=S)o1. The van der Waals surface area contributed by atoms with Gasteiger partial charge in [0.25, 0.3) is 0 Å². The van der Waals surface area contributed by atoms with Crippen molar-refractivity contribution < 1.29 is 9.34 Å².